The van der Waals surface area contributed by atoms with Crippen molar-refractivity contribution in [3.63, 3.8) is 0 Å². The molecule has 0 bridgehead atoms. The summed E-state index contributed by atoms with van der Waals surface area (Å²) in [6.07, 6.45) is 4.36. The lowest BCUT2D eigenvalue weighted by Gasteiger charge is -2.25. The highest BCUT2D eigenvalue weighted by Gasteiger charge is 2.28. The van der Waals surface area contributed by atoms with Crippen LogP contribution >= 0.6 is 0 Å². The van der Waals surface area contributed by atoms with Gasteiger partial charge in [-0.05, 0) is 42.9 Å². The predicted octanol–water partition coefficient (Wildman–Crippen LogP) is 3.58. The number of aryl methyl sites for hydroxylation is 1. The van der Waals surface area contributed by atoms with Gasteiger partial charge in [0.2, 0.25) is 12.7 Å². The van der Waals surface area contributed by atoms with Gasteiger partial charge in [0.1, 0.15) is 0 Å². The number of carbonyl (C=O) groups excluding carboxylic acids is 1. The summed E-state index contributed by atoms with van der Waals surface area (Å²) in [5.74, 6) is 1.83. The molecule has 25 heavy (non-hydrogen) atoms. The highest BCUT2D eigenvalue weighted by Crippen LogP contribution is 2.36. The van der Waals surface area contributed by atoms with E-state index in [1.807, 2.05) is 24.3 Å². The number of para-hydroxylation sites is 1. The van der Waals surface area contributed by atoms with E-state index in [-0.39, 0.29) is 12.7 Å². The number of benzene rings is 2. The molecule has 0 aromatic heterocycles. The van der Waals surface area contributed by atoms with Crippen LogP contribution in [-0.4, -0.2) is 30.2 Å². The van der Waals surface area contributed by atoms with E-state index in [2.05, 4.69) is 29.2 Å². The third-order valence-corrected chi connectivity index (χ3v) is 5.10. The number of nitrogens with zero attached hydrogens (tertiary/aromatic N) is 1. The van der Waals surface area contributed by atoms with Crippen molar-refractivity contribution in [3.05, 3.63) is 59.7 Å². The van der Waals surface area contributed by atoms with Crippen LogP contribution < -0.4 is 9.47 Å². The van der Waals surface area contributed by atoms with Crippen molar-refractivity contribution in [2.45, 2.75) is 38.1 Å². The second kappa shape index (κ2) is 7.18. The number of carbonyl (C=O) groups is 1. The minimum atomic E-state index is 0.245. The van der Waals surface area contributed by atoms with Crippen LogP contribution in [0.15, 0.2) is 48.5 Å². The Bertz CT molecular complexity index is 744. The first kappa shape index (κ1) is 16.0. The molecule has 0 N–H and O–H groups in total. The molecule has 2 aliphatic heterocycles. The van der Waals surface area contributed by atoms with Crippen LogP contribution in [0.4, 0.5) is 0 Å². The van der Waals surface area contributed by atoms with Crippen molar-refractivity contribution in [2.24, 2.45) is 0 Å². The monoisotopic (exact) mass is 337 g/mol. The maximum Gasteiger partial charge on any atom is 0.231 e. The van der Waals surface area contributed by atoms with Gasteiger partial charge in [0.15, 0.2) is 11.5 Å². The molecule has 2 aliphatic rings. The number of likely N-dealkylation sites (tertiary alicyclic amines) is 1. The molecule has 2 aromatic rings. The summed E-state index contributed by atoms with van der Waals surface area (Å²) in [4.78, 5) is 14.9. The van der Waals surface area contributed by atoms with Gasteiger partial charge in [-0.2, -0.15) is 0 Å². The quantitative estimate of drug-likeness (QED) is 0.837. The highest BCUT2D eigenvalue weighted by molar-refractivity contribution is 5.77. The Morgan fingerprint density at radius 2 is 1.96 bits per heavy atom. The average molecular weight is 337 g/mol. The summed E-state index contributed by atoms with van der Waals surface area (Å²) in [7, 11) is 0. The molecule has 0 radical (unpaired) electrons. The van der Waals surface area contributed by atoms with Gasteiger partial charge in [-0.3, -0.25) is 4.79 Å². The van der Waals surface area contributed by atoms with Crippen molar-refractivity contribution >= 4 is 5.91 Å². The number of hydrogen-bond donors (Lipinski definition) is 0. The van der Waals surface area contributed by atoms with E-state index in [0.717, 1.165) is 42.9 Å². The minimum Gasteiger partial charge on any atom is -0.454 e. The van der Waals surface area contributed by atoms with Crippen molar-refractivity contribution in [1.29, 1.82) is 0 Å². The number of amides is 1. The van der Waals surface area contributed by atoms with Crippen LogP contribution in [0, 0.1) is 0 Å². The van der Waals surface area contributed by atoms with Crippen molar-refractivity contribution in [2.75, 3.05) is 13.3 Å². The first-order chi connectivity index (χ1) is 12.3. The third kappa shape index (κ3) is 3.48. The van der Waals surface area contributed by atoms with E-state index in [1.54, 1.807) is 0 Å². The zero-order chi connectivity index (χ0) is 17.1. The zero-order valence-corrected chi connectivity index (χ0v) is 14.3. The lowest BCUT2D eigenvalue weighted by molar-refractivity contribution is -0.131. The number of fused-ring (bicyclic) bond motifs is 1. The summed E-state index contributed by atoms with van der Waals surface area (Å²) in [6, 6.07) is 16.7. The van der Waals surface area contributed by atoms with Gasteiger partial charge in [0.25, 0.3) is 0 Å². The summed E-state index contributed by atoms with van der Waals surface area (Å²) in [5, 5.41) is 0. The van der Waals surface area contributed by atoms with Gasteiger partial charge < -0.3 is 14.4 Å². The fourth-order valence-electron chi connectivity index (χ4n) is 3.84. The molecule has 0 aliphatic carbocycles. The molecule has 4 nitrogen and oxygen atoms in total. The zero-order valence-electron chi connectivity index (χ0n) is 14.3. The maximum atomic E-state index is 12.8. The summed E-state index contributed by atoms with van der Waals surface area (Å²) < 4.78 is 11.0. The van der Waals surface area contributed by atoms with Crippen LogP contribution in [0.2, 0.25) is 0 Å². The number of rotatable bonds is 5. The van der Waals surface area contributed by atoms with Gasteiger partial charge in [-0.15, -0.1) is 0 Å². The Balaban J connectivity index is 1.38. The molecular weight excluding hydrogens is 314 g/mol. The molecule has 4 heteroatoms. The van der Waals surface area contributed by atoms with E-state index in [0.29, 0.717) is 18.9 Å². The van der Waals surface area contributed by atoms with Crippen LogP contribution in [0.5, 0.6) is 11.5 Å². The standard InChI is InChI=1S/C21H23NO3/c23-20(12-11-17-8-4-10-19-21(17)25-15-24-19)22-13-5-9-18(22)14-16-6-2-1-3-7-16/h1-4,6-8,10,18H,5,9,11-15H2. The molecule has 1 fully saturated rings. The first-order valence-corrected chi connectivity index (χ1v) is 9.02. The van der Waals surface area contributed by atoms with Crippen LogP contribution in [-0.2, 0) is 17.6 Å². The predicted molar refractivity (Wildman–Crippen MR) is 95.8 cm³/mol. The van der Waals surface area contributed by atoms with E-state index < -0.39 is 0 Å². The highest BCUT2D eigenvalue weighted by atomic mass is 16.7. The molecule has 2 aromatic carbocycles. The normalized spacial score (nSPS) is 18.6. The van der Waals surface area contributed by atoms with Crippen LogP contribution in [0.25, 0.3) is 0 Å². The van der Waals surface area contributed by atoms with Gasteiger partial charge in [-0.25, -0.2) is 0 Å². The Kier molecular flexibility index (Phi) is 4.59. The summed E-state index contributed by atoms with van der Waals surface area (Å²) >= 11 is 0. The second-order valence-electron chi connectivity index (χ2n) is 6.72. The Hall–Kier alpha value is -2.49. The molecule has 0 spiro atoms. The van der Waals surface area contributed by atoms with Gasteiger partial charge in [-0.1, -0.05) is 42.5 Å². The average Bonchev–Trinajstić information content (AvgIpc) is 3.30. The lowest BCUT2D eigenvalue weighted by atomic mass is 10.0. The molecular formula is C21H23NO3. The second-order valence-corrected chi connectivity index (χ2v) is 6.72. The maximum absolute atomic E-state index is 12.8. The van der Waals surface area contributed by atoms with Crippen molar-refractivity contribution < 1.29 is 14.3 Å². The molecule has 4 rings (SSSR count). The Morgan fingerprint density at radius 1 is 1.08 bits per heavy atom. The summed E-state index contributed by atoms with van der Waals surface area (Å²) in [6.45, 7) is 1.15. The smallest absolute Gasteiger partial charge is 0.231 e. The van der Waals surface area contributed by atoms with Crippen LogP contribution in [0.3, 0.4) is 0 Å². The van der Waals surface area contributed by atoms with E-state index in [9.17, 15) is 4.79 Å². The van der Waals surface area contributed by atoms with Crippen molar-refractivity contribution in [1.82, 2.24) is 4.90 Å². The first-order valence-electron chi connectivity index (χ1n) is 9.02. The molecule has 1 saturated heterocycles. The van der Waals surface area contributed by atoms with Crippen molar-refractivity contribution in [3.8, 4) is 11.5 Å². The van der Waals surface area contributed by atoms with Gasteiger partial charge in [0, 0.05) is 19.0 Å². The molecule has 130 valence electrons. The Labute approximate surface area is 148 Å². The Morgan fingerprint density at radius 3 is 2.84 bits per heavy atom. The third-order valence-electron chi connectivity index (χ3n) is 5.10. The number of ether oxygens (including phenoxy) is 2. The SMILES string of the molecule is O=C(CCc1cccc2c1OCO2)N1CCCC1Cc1ccccc1. The largest absolute Gasteiger partial charge is 0.454 e. The molecule has 1 atom stereocenters. The van der Waals surface area contributed by atoms with E-state index >= 15 is 0 Å². The topological polar surface area (TPSA) is 38.8 Å². The summed E-state index contributed by atoms with van der Waals surface area (Å²) in [5.41, 5.74) is 2.36. The number of hydrogen-bond acceptors (Lipinski definition) is 3. The van der Waals surface area contributed by atoms with Gasteiger partial charge >= 0.3 is 0 Å². The van der Waals surface area contributed by atoms with Crippen LogP contribution in [0.1, 0.15) is 30.4 Å². The molecule has 2 heterocycles. The molecule has 1 amide bonds. The minimum absolute atomic E-state index is 0.245. The molecule has 0 saturated carbocycles. The fourth-order valence-corrected chi connectivity index (χ4v) is 3.84. The van der Waals surface area contributed by atoms with Gasteiger partial charge in [0.05, 0.1) is 0 Å². The molecule has 1 unspecified atom stereocenters. The fraction of sp³-hybridized carbons (Fsp3) is 0.381. The lowest BCUT2D eigenvalue weighted by Crippen LogP contribution is -2.36. The van der Waals surface area contributed by atoms with E-state index in [4.69, 9.17) is 9.47 Å². The van der Waals surface area contributed by atoms with E-state index in [1.165, 1.54) is 5.56 Å².